The SMILES string of the molecule is CCCNc1nc(-c2cncn2CCC)nc2c1CCC2. The van der Waals surface area contributed by atoms with Crippen LogP contribution in [0.4, 0.5) is 5.82 Å². The molecule has 2 aromatic heterocycles. The van der Waals surface area contributed by atoms with Gasteiger partial charge in [0.15, 0.2) is 5.82 Å². The molecular weight excluding hydrogens is 262 g/mol. The van der Waals surface area contributed by atoms with E-state index in [0.717, 1.165) is 56.1 Å². The van der Waals surface area contributed by atoms with Gasteiger partial charge in [-0.2, -0.15) is 0 Å². The Morgan fingerprint density at radius 3 is 2.90 bits per heavy atom. The Morgan fingerprint density at radius 1 is 1.19 bits per heavy atom. The van der Waals surface area contributed by atoms with Crippen molar-refractivity contribution >= 4 is 5.82 Å². The second-order valence-electron chi connectivity index (χ2n) is 5.57. The summed E-state index contributed by atoms with van der Waals surface area (Å²) in [6.45, 7) is 6.25. The lowest BCUT2D eigenvalue weighted by atomic mass is 10.2. The van der Waals surface area contributed by atoms with Gasteiger partial charge in [0.1, 0.15) is 11.5 Å². The number of aryl methyl sites for hydroxylation is 2. The van der Waals surface area contributed by atoms with E-state index >= 15 is 0 Å². The van der Waals surface area contributed by atoms with Gasteiger partial charge in [0.05, 0.1) is 12.5 Å². The molecule has 0 saturated carbocycles. The molecule has 21 heavy (non-hydrogen) atoms. The van der Waals surface area contributed by atoms with Crippen LogP contribution in [-0.2, 0) is 19.4 Å². The molecule has 0 aromatic carbocycles. The molecule has 0 saturated heterocycles. The normalized spacial score (nSPS) is 13.4. The van der Waals surface area contributed by atoms with Crippen LogP contribution in [-0.4, -0.2) is 26.1 Å². The van der Waals surface area contributed by atoms with Gasteiger partial charge in [0.2, 0.25) is 0 Å². The van der Waals surface area contributed by atoms with Crippen LogP contribution in [0.5, 0.6) is 0 Å². The summed E-state index contributed by atoms with van der Waals surface area (Å²) in [5.74, 6) is 1.83. The number of rotatable bonds is 6. The molecule has 1 N–H and O–H groups in total. The van der Waals surface area contributed by atoms with Crippen molar-refractivity contribution in [2.24, 2.45) is 0 Å². The fourth-order valence-corrected chi connectivity index (χ4v) is 2.86. The summed E-state index contributed by atoms with van der Waals surface area (Å²) in [6, 6.07) is 0. The monoisotopic (exact) mass is 285 g/mol. The Morgan fingerprint density at radius 2 is 2.10 bits per heavy atom. The van der Waals surface area contributed by atoms with E-state index in [1.165, 1.54) is 17.7 Å². The lowest BCUT2D eigenvalue weighted by Gasteiger charge is -2.12. The third kappa shape index (κ3) is 2.77. The highest BCUT2D eigenvalue weighted by Crippen LogP contribution is 2.29. The molecular formula is C16H23N5. The van der Waals surface area contributed by atoms with Crippen LogP contribution in [0, 0.1) is 0 Å². The van der Waals surface area contributed by atoms with Crippen molar-refractivity contribution in [1.29, 1.82) is 0 Å². The van der Waals surface area contributed by atoms with Gasteiger partial charge in [-0.05, 0) is 32.1 Å². The minimum absolute atomic E-state index is 0.806. The highest BCUT2D eigenvalue weighted by Gasteiger charge is 2.20. The summed E-state index contributed by atoms with van der Waals surface area (Å²) >= 11 is 0. The first-order chi connectivity index (χ1) is 10.3. The number of nitrogens with zero attached hydrogens (tertiary/aromatic N) is 4. The number of hydrogen-bond donors (Lipinski definition) is 1. The van der Waals surface area contributed by atoms with Gasteiger partial charge in [-0.25, -0.2) is 15.0 Å². The molecule has 0 radical (unpaired) electrons. The smallest absolute Gasteiger partial charge is 0.180 e. The van der Waals surface area contributed by atoms with E-state index in [1.807, 2.05) is 12.5 Å². The molecule has 2 heterocycles. The number of anilines is 1. The van der Waals surface area contributed by atoms with Crippen LogP contribution in [0.15, 0.2) is 12.5 Å². The van der Waals surface area contributed by atoms with Crippen LogP contribution in [0.3, 0.4) is 0 Å². The number of nitrogens with one attached hydrogen (secondary N) is 1. The number of aromatic nitrogens is 4. The molecule has 0 fully saturated rings. The Labute approximate surface area is 125 Å². The number of hydrogen-bond acceptors (Lipinski definition) is 4. The lowest BCUT2D eigenvalue weighted by Crippen LogP contribution is -2.09. The van der Waals surface area contributed by atoms with E-state index in [-0.39, 0.29) is 0 Å². The second-order valence-corrected chi connectivity index (χ2v) is 5.57. The minimum atomic E-state index is 0.806. The third-order valence-electron chi connectivity index (χ3n) is 3.88. The summed E-state index contributed by atoms with van der Waals surface area (Å²) < 4.78 is 2.14. The Bertz CT molecular complexity index is 617. The van der Waals surface area contributed by atoms with Crippen molar-refractivity contribution < 1.29 is 0 Å². The van der Waals surface area contributed by atoms with Crippen molar-refractivity contribution in [1.82, 2.24) is 19.5 Å². The molecule has 0 spiro atoms. The van der Waals surface area contributed by atoms with Crippen LogP contribution in [0.25, 0.3) is 11.5 Å². The van der Waals surface area contributed by atoms with E-state index in [4.69, 9.17) is 9.97 Å². The quantitative estimate of drug-likeness (QED) is 0.886. The highest BCUT2D eigenvalue weighted by atomic mass is 15.1. The molecule has 1 aliphatic rings. The van der Waals surface area contributed by atoms with Gasteiger partial charge >= 0.3 is 0 Å². The average Bonchev–Trinajstić information content (AvgIpc) is 3.13. The van der Waals surface area contributed by atoms with E-state index in [2.05, 4.69) is 28.7 Å². The fourth-order valence-electron chi connectivity index (χ4n) is 2.86. The summed E-state index contributed by atoms with van der Waals surface area (Å²) in [5.41, 5.74) is 3.54. The number of imidazole rings is 1. The van der Waals surface area contributed by atoms with E-state index in [9.17, 15) is 0 Å². The van der Waals surface area contributed by atoms with Crippen LogP contribution in [0.1, 0.15) is 44.4 Å². The molecule has 3 rings (SSSR count). The third-order valence-corrected chi connectivity index (χ3v) is 3.88. The molecule has 0 unspecified atom stereocenters. The first-order valence-corrected chi connectivity index (χ1v) is 7.97. The van der Waals surface area contributed by atoms with Crippen molar-refractivity contribution in [2.75, 3.05) is 11.9 Å². The van der Waals surface area contributed by atoms with Crippen molar-refractivity contribution in [3.8, 4) is 11.5 Å². The standard InChI is InChI=1S/C16H23N5/c1-3-8-18-15-12-6-5-7-13(12)19-16(20-15)14-10-17-11-21(14)9-4-2/h10-11H,3-9H2,1-2H3,(H,18,19,20). The Kier molecular flexibility index (Phi) is 4.18. The van der Waals surface area contributed by atoms with Gasteiger partial charge < -0.3 is 9.88 Å². The fraction of sp³-hybridized carbons (Fsp3) is 0.562. The second kappa shape index (κ2) is 6.24. The molecule has 0 atom stereocenters. The van der Waals surface area contributed by atoms with Crippen molar-refractivity contribution in [2.45, 2.75) is 52.5 Å². The molecule has 0 amide bonds. The minimum Gasteiger partial charge on any atom is -0.370 e. The topological polar surface area (TPSA) is 55.6 Å². The van der Waals surface area contributed by atoms with E-state index in [1.54, 1.807) is 0 Å². The maximum absolute atomic E-state index is 4.80. The maximum atomic E-state index is 4.80. The van der Waals surface area contributed by atoms with Gasteiger partial charge in [-0.15, -0.1) is 0 Å². The van der Waals surface area contributed by atoms with Crippen LogP contribution >= 0.6 is 0 Å². The zero-order chi connectivity index (χ0) is 14.7. The molecule has 0 aliphatic heterocycles. The summed E-state index contributed by atoms with van der Waals surface area (Å²) in [7, 11) is 0. The first-order valence-electron chi connectivity index (χ1n) is 7.97. The summed E-state index contributed by atoms with van der Waals surface area (Å²) in [6.07, 6.45) is 9.26. The summed E-state index contributed by atoms with van der Waals surface area (Å²) in [4.78, 5) is 13.8. The zero-order valence-corrected chi connectivity index (χ0v) is 12.9. The summed E-state index contributed by atoms with van der Waals surface area (Å²) in [5, 5.41) is 3.47. The molecule has 5 heteroatoms. The van der Waals surface area contributed by atoms with E-state index in [0.29, 0.717) is 0 Å². The Hall–Kier alpha value is -1.91. The van der Waals surface area contributed by atoms with Gasteiger partial charge in [0.25, 0.3) is 0 Å². The molecule has 112 valence electrons. The average molecular weight is 285 g/mol. The molecule has 1 aliphatic carbocycles. The predicted octanol–water partition coefficient (Wildman–Crippen LogP) is 3.06. The van der Waals surface area contributed by atoms with Crippen LogP contribution in [0.2, 0.25) is 0 Å². The van der Waals surface area contributed by atoms with Gasteiger partial charge in [0, 0.05) is 24.3 Å². The number of fused-ring (bicyclic) bond motifs is 1. The van der Waals surface area contributed by atoms with E-state index < -0.39 is 0 Å². The molecule has 2 aromatic rings. The lowest BCUT2D eigenvalue weighted by molar-refractivity contribution is 0.681. The van der Waals surface area contributed by atoms with Crippen molar-refractivity contribution in [3.05, 3.63) is 23.8 Å². The first kappa shape index (κ1) is 14.0. The van der Waals surface area contributed by atoms with Gasteiger partial charge in [-0.3, -0.25) is 0 Å². The van der Waals surface area contributed by atoms with Gasteiger partial charge in [-0.1, -0.05) is 13.8 Å². The highest BCUT2D eigenvalue weighted by molar-refractivity contribution is 5.57. The largest absolute Gasteiger partial charge is 0.370 e. The zero-order valence-electron chi connectivity index (χ0n) is 12.9. The maximum Gasteiger partial charge on any atom is 0.180 e. The van der Waals surface area contributed by atoms with Crippen LogP contribution < -0.4 is 5.32 Å². The molecule has 0 bridgehead atoms. The molecule has 5 nitrogen and oxygen atoms in total. The Balaban J connectivity index is 2.00. The predicted molar refractivity (Wildman–Crippen MR) is 84.3 cm³/mol. The van der Waals surface area contributed by atoms with Crippen molar-refractivity contribution in [3.63, 3.8) is 0 Å².